The third-order valence-corrected chi connectivity index (χ3v) is 5.16. The number of carbonyl (C=O) groups is 1. The first kappa shape index (κ1) is 28.7. The maximum absolute atomic E-state index is 11.5. The van der Waals surface area contributed by atoms with E-state index < -0.39 is 5.41 Å². The molecule has 0 aliphatic carbocycles. The number of aromatic nitrogens is 1. The van der Waals surface area contributed by atoms with Crippen LogP contribution < -0.4 is 0 Å². The number of rotatable bonds is 2. The van der Waals surface area contributed by atoms with Crippen molar-refractivity contribution in [1.29, 1.82) is 0 Å². The van der Waals surface area contributed by atoms with Crippen molar-refractivity contribution in [1.82, 2.24) is 4.98 Å². The quantitative estimate of drug-likeness (QED) is 0.181. The number of ketones is 1. The molecule has 1 aromatic heterocycles. The largest absolute Gasteiger partial charge is 0.512 e. The second-order valence-electron chi connectivity index (χ2n) is 10.5. The molecule has 179 valence electrons. The van der Waals surface area contributed by atoms with Crippen molar-refractivity contribution < 1.29 is 30.0 Å². The summed E-state index contributed by atoms with van der Waals surface area (Å²) in [6.45, 7) is 17.4. The van der Waals surface area contributed by atoms with Gasteiger partial charge in [-0.25, -0.2) is 0 Å². The van der Waals surface area contributed by atoms with E-state index in [1.807, 2.05) is 47.6 Å². The van der Waals surface area contributed by atoms with Crippen molar-refractivity contribution in [2.24, 2.45) is 10.8 Å². The van der Waals surface area contributed by atoms with E-state index in [0.29, 0.717) is 0 Å². The van der Waals surface area contributed by atoms with Gasteiger partial charge < -0.3 is 5.11 Å². The summed E-state index contributed by atoms with van der Waals surface area (Å²) in [7, 11) is 0. The number of fused-ring (bicyclic) bond motifs is 1. The molecular weight excluding hydrogens is 587 g/mol. The van der Waals surface area contributed by atoms with Gasteiger partial charge in [0.1, 0.15) is 5.76 Å². The van der Waals surface area contributed by atoms with Crippen LogP contribution in [0.5, 0.6) is 0 Å². The minimum atomic E-state index is -0.417. The Balaban J connectivity index is 0.000000346. The third kappa shape index (κ3) is 8.21. The molecule has 0 unspecified atom stereocenters. The Morgan fingerprint density at radius 2 is 1.52 bits per heavy atom. The maximum atomic E-state index is 11.5. The molecule has 0 saturated carbocycles. The Labute approximate surface area is 212 Å². The first-order chi connectivity index (χ1) is 14.7. The fraction of sp³-hybridized carbons (Fsp3) is 0.379. The Hall–Kier alpha value is -2.29. The molecule has 0 saturated heterocycles. The molecule has 0 aliphatic heterocycles. The molecule has 3 nitrogen and oxygen atoms in total. The summed E-state index contributed by atoms with van der Waals surface area (Å²) in [4.78, 5) is 16.3. The van der Waals surface area contributed by atoms with Gasteiger partial charge >= 0.3 is 0 Å². The molecule has 0 atom stereocenters. The van der Waals surface area contributed by atoms with Gasteiger partial charge in [0.2, 0.25) is 0 Å². The van der Waals surface area contributed by atoms with Crippen LogP contribution in [0, 0.1) is 37.7 Å². The first-order valence-electron chi connectivity index (χ1n) is 11.0. The molecule has 0 aliphatic rings. The number of allylic oxidation sites excluding steroid dienone is 2. The molecule has 4 heteroatoms. The fourth-order valence-corrected chi connectivity index (χ4v) is 2.86. The van der Waals surface area contributed by atoms with E-state index in [1.165, 1.54) is 28.2 Å². The van der Waals surface area contributed by atoms with Gasteiger partial charge in [0.05, 0.1) is 5.52 Å². The number of pyridine rings is 1. The van der Waals surface area contributed by atoms with E-state index in [-0.39, 0.29) is 37.1 Å². The Morgan fingerprint density at radius 1 is 0.909 bits per heavy atom. The van der Waals surface area contributed by atoms with Crippen LogP contribution in [0.1, 0.15) is 58.2 Å². The van der Waals surface area contributed by atoms with E-state index in [0.717, 1.165) is 16.8 Å². The molecular formula is C29H36IrNO2-. The Morgan fingerprint density at radius 3 is 2.03 bits per heavy atom. The molecule has 33 heavy (non-hydrogen) atoms. The van der Waals surface area contributed by atoms with Crippen LogP contribution >= 0.6 is 0 Å². The van der Waals surface area contributed by atoms with Gasteiger partial charge in [0.25, 0.3) is 0 Å². The van der Waals surface area contributed by atoms with Crippen molar-refractivity contribution >= 4 is 16.7 Å². The van der Waals surface area contributed by atoms with Gasteiger partial charge in [-0.05, 0) is 36.6 Å². The molecule has 2 aromatic carbocycles. The normalized spacial score (nSPS) is 12.0. The summed E-state index contributed by atoms with van der Waals surface area (Å²) in [6, 6.07) is 18.1. The molecule has 0 amide bonds. The second kappa shape index (κ2) is 11.2. The van der Waals surface area contributed by atoms with Crippen LogP contribution in [-0.2, 0) is 24.9 Å². The maximum Gasteiger partial charge on any atom is 0.164 e. The number of hydrogen-bond acceptors (Lipinski definition) is 3. The van der Waals surface area contributed by atoms with E-state index in [1.54, 1.807) is 0 Å². The van der Waals surface area contributed by atoms with Crippen molar-refractivity contribution in [2.75, 3.05) is 0 Å². The topological polar surface area (TPSA) is 50.2 Å². The summed E-state index contributed by atoms with van der Waals surface area (Å²) in [5.41, 5.74) is 6.02. The predicted molar refractivity (Wildman–Crippen MR) is 135 cm³/mol. The Bertz CT molecular complexity index is 1130. The molecule has 1 heterocycles. The van der Waals surface area contributed by atoms with Crippen molar-refractivity contribution in [3.63, 3.8) is 0 Å². The van der Waals surface area contributed by atoms with E-state index in [4.69, 9.17) is 4.98 Å². The first-order valence-corrected chi connectivity index (χ1v) is 11.0. The predicted octanol–water partition coefficient (Wildman–Crippen LogP) is 7.71. The van der Waals surface area contributed by atoms with E-state index >= 15 is 0 Å². The SMILES string of the molecule is CC(C)(C)C(=O)/C=C(\O)C(C)(C)C.Cc1c[c-]c(-c2nc3cc(C)ccc3cc2C)cc1.[Ir]. The number of aryl methyl sites for hydroxylation is 3. The minimum Gasteiger partial charge on any atom is -0.512 e. The van der Waals surface area contributed by atoms with Gasteiger partial charge in [-0.1, -0.05) is 72.2 Å². The van der Waals surface area contributed by atoms with Crippen LogP contribution in [0.25, 0.3) is 22.2 Å². The van der Waals surface area contributed by atoms with Crippen LogP contribution in [-0.4, -0.2) is 15.9 Å². The molecule has 0 fully saturated rings. The van der Waals surface area contributed by atoms with Gasteiger partial charge in [0.15, 0.2) is 5.78 Å². The zero-order valence-corrected chi connectivity index (χ0v) is 23.6. The number of benzene rings is 2. The zero-order chi connectivity index (χ0) is 24.3. The number of aliphatic hydroxyl groups excluding tert-OH is 1. The molecule has 3 aromatic rings. The van der Waals surface area contributed by atoms with Crippen LogP contribution in [0.4, 0.5) is 0 Å². The molecule has 1 radical (unpaired) electrons. The number of aliphatic hydroxyl groups is 1. The average Bonchev–Trinajstić information content (AvgIpc) is 2.67. The number of nitrogens with zero attached hydrogens (tertiary/aromatic N) is 1. The molecule has 0 spiro atoms. The van der Waals surface area contributed by atoms with Crippen LogP contribution in [0.3, 0.4) is 0 Å². The summed E-state index contributed by atoms with van der Waals surface area (Å²) in [5.74, 6) is 0.104. The molecule has 0 bridgehead atoms. The third-order valence-electron chi connectivity index (χ3n) is 5.16. The van der Waals surface area contributed by atoms with E-state index in [9.17, 15) is 9.90 Å². The van der Waals surface area contributed by atoms with Crippen molar-refractivity contribution in [3.05, 3.63) is 77.1 Å². The van der Waals surface area contributed by atoms with Gasteiger partial charge in [-0.15, -0.1) is 35.4 Å². The summed E-state index contributed by atoms with van der Waals surface area (Å²) in [6.07, 6.45) is 1.33. The van der Waals surface area contributed by atoms with E-state index in [2.05, 4.69) is 63.2 Å². The van der Waals surface area contributed by atoms with Gasteiger partial charge in [-0.2, -0.15) is 0 Å². The molecule has 3 rings (SSSR count). The van der Waals surface area contributed by atoms with Gasteiger partial charge in [0, 0.05) is 37.0 Å². The Kier molecular flexibility index (Phi) is 9.78. The smallest absolute Gasteiger partial charge is 0.164 e. The number of carbonyl (C=O) groups excluding carboxylic acids is 1. The van der Waals surface area contributed by atoms with Crippen molar-refractivity contribution in [2.45, 2.75) is 62.3 Å². The second-order valence-corrected chi connectivity index (χ2v) is 10.5. The molecule has 1 N–H and O–H groups in total. The fourth-order valence-electron chi connectivity index (χ4n) is 2.86. The standard InChI is InChI=1S/C18H16N.C11H20O2.Ir/c1-12-4-7-15(8-5-12)18-14(3)11-16-9-6-13(2)10-17(16)19-18;1-10(2,3)8(12)7-9(13)11(4,5)6;/h4-7,9-11H,1-3H3;7,12H,1-6H3;/q-1;;/b;8-7-;. The van der Waals surface area contributed by atoms with Gasteiger partial charge in [-0.3, -0.25) is 9.78 Å². The summed E-state index contributed by atoms with van der Waals surface area (Å²) in [5, 5.41) is 10.8. The van der Waals surface area contributed by atoms with Crippen LogP contribution in [0.15, 0.2) is 54.3 Å². The van der Waals surface area contributed by atoms with Crippen LogP contribution in [0.2, 0.25) is 0 Å². The zero-order valence-electron chi connectivity index (χ0n) is 21.3. The summed E-state index contributed by atoms with van der Waals surface area (Å²) >= 11 is 0. The average molecular weight is 623 g/mol. The number of hydrogen-bond donors (Lipinski definition) is 1. The monoisotopic (exact) mass is 623 g/mol. The summed E-state index contributed by atoms with van der Waals surface area (Å²) < 4.78 is 0. The van der Waals surface area contributed by atoms with Crippen molar-refractivity contribution in [3.8, 4) is 11.3 Å². The minimum absolute atomic E-state index is 0.